The first kappa shape index (κ1) is 29.6. The molecular formula is C53H33N. The number of benzene rings is 9. The minimum atomic E-state index is -0.419. The predicted octanol–water partition coefficient (Wildman–Crippen LogP) is 14.0. The zero-order valence-electron chi connectivity index (χ0n) is 29.5. The molecule has 250 valence electrons. The molecule has 0 saturated heterocycles. The molecule has 0 N–H and O–H groups in total. The van der Waals surface area contributed by atoms with Crippen molar-refractivity contribution in [1.82, 2.24) is 0 Å². The molecule has 0 aromatic heterocycles. The molecule has 1 nitrogen and oxygen atoms in total. The number of anilines is 3. The Bertz CT molecular complexity index is 2930. The molecule has 0 bridgehead atoms. The van der Waals surface area contributed by atoms with E-state index in [4.69, 9.17) is 0 Å². The monoisotopic (exact) mass is 683 g/mol. The predicted molar refractivity (Wildman–Crippen MR) is 225 cm³/mol. The van der Waals surface area contributed by atoms with Crippen LogP contribution in [0.1, 0.15) is 22.3 Å². The van der Waals surface area contributed by atoms with Crippen LogP contribution < -0.4 is 4.90 Å². The van der Waals surface area contributed by atoms with Crippen LogP contribution in [0.3, 0.4) is 0 Å². The van der Waals surface area contributed by atoms with E-state index in [2.05, 4.69) is 205 Å². The fourth-order valence-electron chi connectivity index (χ4n) is 10.1. The van der Waals surface area contributed by atoms with E-state index in [-0.39, 0.29) is 0 Å². The molecule has 54 heavy (non-hydrogen) atoms. The van der Waals surface area contributed by atoms with Gasteiger partial charge < -0.3 is 4.90 Å². The van der Waals surface area contributed by atoms with Gasteiger partial charge >= 0.3 is 0 Å². The van der Waals surface area contributed by atoms with Gasteiger partial charge in [0.25, 0.3) is 0 Å². The van der Waals surface area contributed by atoms with Gasteiger partial charge in [0.05, 0.1) is 11.1 Å². The van der Waals surface area contributed by atoms with Crippen LogP contribution in [0.5, 0.6) is 0 Å². The molecular weight excluding hydrogens is 651 g/mol. The van der Waals surface area contributed by atoms with E-state index in [1.165, 1.54) is 94.3 Å². The normalized spacial score (nSPS) is 13.3. The topological polar surface area (TPSA) is 3.24 Å². The highest BCUT2D eigenvalue weighted by Gasteiger charge is 2.51. The molecule has 9 aromatic rings. The second-order valence-corrected chi connectivity index (χ2v) is 14.8. The molecule has 0 radical (unpaired) electrons. The molecule has 12 rings (SSSR count). The first-order valence-corrected chi connectivity index (χ1v) is 18.9. The standard InChI is InChI=1S/C53H33N/c1-2-13-34(14-3-1)35-25-28-37(29-26-35)54(50-32-27-36-15-12-21-44-39-16-4-5-20-45(39)52(50)51(36)44)38-30-31-43-42-19-8-11-24-48(42)53(49(43)33-38)46-22-9-6-17-40(46)41-18-7-10-23-47(41)53/h1-33H. The second-order valence-electron chi connectivity index (χ2n) is 14.8. The van der Waals surface area contributed by atoms with Gasteiger partial charge in [0.2, 0.25) is 0 Å². The molecule has 9 aromatic carbocycles. The SMILES string of the molecule is c1ccc(-c2ccc(N(c3ccc4c(c3)C3(c5ccccc5-c5ccccc53)c3ccccc3-4)c3ccc4cccc5c4c3-c3ccccc3-5)cc2)cc1. The maximum absolute atomic E-state index is 2.51. The van der Waals surface area contributed by atoms with Gasteiger partial charge in [0.1, 0.15) is 0 Å². The highest BCUT2D eigenvalue weighted by molar-refractivity contribution is 6.19. The van der Waals surface area contributed by atoms with Crippen LogP contribution in [0.2, 0.25) is 0 Å². The van der Waals surface area contributed by atoms with Gasteiger partial charge in [-0.2, -0.15) is 0 Å². The minimum Gasteiger partial charge on any atom is -0.310 e. The Labute approximate surface area is 315 Å². The van der Waals surface area contributed by atoms with Crippen molar-refractivity contribution in [1.29, 1.82) is 0 Å². The Morgan fingerprint density at radius 1 is 0.315 bits per heavy atom. The quantitative estimate of drug-likeness (QED) is 0.178. The third-order valence-corrected chi connectivity index (χ3v) is 12.2. The molecule has 0 fully saturated rings. The molecule has 0 amide bonds. The molecule has 0 unspecified atom stereocenters. The summed E-state index contributed by atoms with van der Waals surface area (Å²) in [5, 5.41) is 2.59. The Morgan fingerprint density at radius 2 is 0.833 bits per heavy atom. The summed E-state index contributed by atoms with van der Waals surface area (Å²) in [5.41, 5.74) is 21.3. The number of hydrogen-bond donors (Lipinski definition) is 0. The number of fused-ring (bicyclic) bond motifs is 13. The second kappa shape index (κ2) is 11.0. The van der Waals surface area contributed by atoms with Crippen LogP contribution >= 0.6 is 0 Å². The van der Waals surface area contributed by atoms with Crippen molar-refractivity contribution in [3.05, 3.63) is 222 Å². The van der Waals surface area contributed by atoms with Crippen molar-refractivity contribution in [2.24, 2.45) is 0 Å². The summed E-state index contributed by atoms with van der Waals surface area (Å²) in [4.78, 5) is 2.51. The van der Waals surface area contributed by atoms with Crippen molar-refractivity contribution in [2.45, 2.75) is 5.41 Å². The maximum atomic E-state index is 2.51. The maximum Gasteiger partial charge on any atom is 0.0726 e. The van der Waals surface area contributed by atoms with Crippen LogP contribution in [-0.4, -0.2) is 0 Å². The Balaban J connectivity index is 1.15. The first-order chi connectivity index (χ1) is 26.8. The van der Waals surface area contributed by atoms with Crippen molar-refractivity contribution < 1.29 is 0 Å². The third-order valence-electron chi connectivity index (χ3n) is 12.2. The lowest BCUT2D eigenvalue weighted by Crippen LogP contribution is -2.26. The highest BCUT2D eigenvalue weighted by Crippen LogP contribution is 2.63. The van der Waals surface area contributed by atoms with Crippen molar-refractivity contribution >= 4 is 27.8 Å². The molecule has 1 heteroatoms. The van der Waals surface area contributed by atoms with Crippen LogP contribution in [0.25, 0.3) is 66.4 Å². The van der Waals surface area contributed by atoms with E-state index in [0.717, 1.165) is 11.4 Å². The average molecular weight is 684 g/mol. The van der Waals surface area contributed by atoms with Gasteiger partial charge in [-0.05, 0) is 113 Å². The summed E-state index contributed by atoms with van der Waals surface area (Å²) < 4.78 is 0. The molecule has 0 aliphatic heterocycles. The van der Waals surface area contributed by atoms with Crippen molar-refractivity contribution in [3.8, 4) is 55.6 Å². The summed E-state index contributed by atoms with van der Waals surface area (Å²) in [6.45, 7) is 0. The van der Waals surface area contributed by atoms with E-state index in [1.54, 1.807) is 0 Å². The van der Waals surface area contributed by atoms with Crippen LogP contribution in [0.15, 0.2) is 200 Å². The number of nitrogens with zero attached hydrogens (tertiary/aromatic N) is 1. The first-order valence-electron chi connectivity index (χ1n) is 18.9. The highest BCUT2D eigenvalue weighted by atomic mass is 15.1. The van der Waals surface area contributed by atoms with Crippen LogP contribution in [-0.2, 0) is 5.41 Å². The smallest absolute Gasteiger partial charge is 0.0726 e. The number of hydrogen-bond acceptors (Lipinski definition) is 1. The lowest BCUT2D eigenvalue weighted by atomic mass is 9.70. The fourth-order valence-corrected chi connectivity index (χ4v) is 10.1. The Kier molecular flexibility index (Phi) is 6.04. The van der Waals surface area contributed by atoms with Gasteiger partial charge in [-0.15, -0.1) is 0 Å². The summed E-state index contributed by atoms with van der Waals surface area (Å²) >= 11 is 0. The molecule has 0 saturated carbocycles. The summed E-state index contributed by atoms with van der Waals surface area (Å²) in [7, 11) is 0. The molecule has 0 heterocycles. The van der Waals surface area contributed by atoms with E-state index < -0.39 is 5.41 Å². The summed E-state index contributed by atoms with van der Waals surface area (Å²) in [6.07, 6.45) is 0. The van der Waals surface area contributed by atoms with Gasteiger partial charge in [-0.1, -0.05) is 170 Å². The van der Waals surface area contributed by atoms with Crippen LogP contribution in [0.4, 0.5) is 17.1 Å². The largest absolute Gasteiger partial charge is 0.310 e. The summed E-state index contributed by atoms with van der Waals surface area (Å²) in [6, 6.07) is 74.5. The van der Waals surface area contributed by atoms with Crippen LogP contribution in [0, 0.1) is 0 Å². The van der Waals surface area contributed by atoms with E-state index in [9.17, 15) is 0 Å². The molecule has 3 aliphatic carbocycles. The average Bonchev–Trinajstić information content (AvgIpc) is 3.85. The minimum absolute atomic E-state index is 0.419. The Hall–Kier alpha value is -6.96. The molecule has 1 spiro atoms. The number of rotatable bonds is 4. The van der Waals surface area contributed by atoms with Crippen molar-refractivity contribution in [2.75, 3.05) is 4.90 Å². The zero-order chi connectivity index (χ0) is 35.4. The van der Waals surface area contributed by atoms with Gasteiger partial charge in [-0.3, -0.25) is 0 Å². The molecule has 3 aliphatic rings. The Morgan fingerprint density at radius 3 is 1.50 bits per heavy atom. The van der Waals surface area contributed by atoms with Gasteiger partial charge in [0, 0.05) is 16.9 Å². The molecule has 0 atom stereocenters. The van der Waals surface area contributed by atoms with E-state index in [1.807, 2.05) is 0 Å². The summed E-state index contributed by atoms with van der Waals surface area (Å²) in [5.74, 6) is 0. The third kappa shape index (κ3) is 3.83. The van der Waals surface area contributed by atoms with Gasteiger partial charge in [0.15, 0.2) is 0 Å². The van der Waals surface area contributed by atoms with E-state index in [0.29, 0.717) is 0 Å². The van der Waals surface area contributed by atoms with E-state index >= 15 is 0 Å². The zero-order valence-corrected chi connectivity index (χ0v) is 29.5. The van der Waals surface area contributed by atoms with Crippen molar-refractivity contribution in [3.63, 3.8) is 0 Å². The lowest BCUT2D eigenvalue weighted by molar-refractivity contribution is 0.793. The lowest BCUT2D eigenvalue weighted by Gasteiger charge is -2.32. The fraction of sp³-hybridized carbons (Fsp3) is 0.0189. The van der Waals surface area contributed by atoms with Gasteiger partial charge in [-0.25, -0.2) is 0 Å².